The van der Waals surface area contributed by atoms with Crippen molar-refractivity contribution in [1.82, 2.24) is 5.32 Å². The van der Waals surface area contributed by atoms with E-state index in [2.05, 4.69) is 24.4 Å². The summed E-state index contributed by atoms with van der Waals surface area (Å²) >= 11 is 0. The number of nitrogens with one attached hydrogen (secondary N) is 1. The third kappa shape index (κ3) is 2.57. The number of carbonyl (C=O) groups is 1. The van der Waals surface area contributed by atoms with Crippen molar-refractivity contribution in [2.45, 2.75) is 69.9 Å². The maximum absolute atomic E-state index is 13.1. The second-order valence-corrected chi connectivity index (χ2v) is 9.19. The van der Waals surface area contributed by atoms with Gasteiger partial charge < -0.3 is 10.4 Å². The van der Waals surface area contributed by atoms with Crippen molar-refractivity contribution in [2.24, 2.45) is 17.8 Å². The molecule has 0 aliphatic heterocycles. The van der Waals surface area contributed by atoms with Gasteiger partial charge in [-0.1, -0.05) is 29.8 Å². The van der Waals surface area contributed by atoms with Gasteiger partial charge in [0.05, 0.1) is 11.0 Å². The fourth-order valence-corrected chi connectivity index (χ4v) is 5.71. The Morgan fingerprint density at radius 3 is 2.46 bits per heavy atom. The highest BCUT2D eigenvalue weighted by molar-refractivity contribution is 5.87. The number of aliphatic hydroxyl groups is 1. The van der Waals surface area contributed by atoms with Crippen molar-refractivity contribution < 1.29 is 9.90 Å². The highest BCUT2D eigenvalue weighted by Gasteiger charge is 2.55. The lowest BCUT2D eigenvalue weighted by Gasteiger charge is -2.58. The van der Waals surface area contributed by atoms with E-state index in [1.54, 1.807) is 0 Å². The van der Waals surface area contributed by atoms with Gasteiger partial charge in [0.25, 0.3) is 0 Å². The van der Waals surface area contributed by atoms with Crippen LogP contribution in [0.15, 0.2) is 24.3 Å². The third-order valence-electron chi connectivity index (χ3n) is 6.85. The van der Waals surface area contributed by atoms with E-state index >= 15 is 0 Å². The number of aryl methyl sites for hydroxylation is 1. The minimum absolute atomic E-state index is 0.123. The zero-order valence-electron chi connectivity index (χ0n) is 15.0. The lowest BCUT2D eigenvalue weighted by molar-refractivity contribution is -0.148. The predicted molar refractivity (Wildman–Crippen MR) is 94.6 cm³/mol. The van der Waals surface area contributed by atoms with Crippen LogP contribution >= 0.6 is 0 Å². The summed E-state index contributed by atoms with van der Waals surface area (Å²) in [5, 5.41) is 14.1. The molecule has 24 heavy (non-hydrogen) atoms. The molecule has 4 bridgehead atoms. The van der Waals surface area contributed by atoms with Gasteiger partial charge in [0.15, 0.2) is 0 Å². The van der Waals surface area contributed by atoms with Gasteiger partial charge in [-0.3, -0.25) is 4.79 Å². The standard InChI is InChI=1S/C21H29NO2/c1-13-5-4-6-17(7-13)20(2,3)19(23)22-18-15-8-14-9-16(18)12-21(24,10-14)11-15/h4-7,14-16,18,24H,8-12H2,1-3H3,(H,22,23)/t14-,15-,16-,18+,21-/m1/s1. The summed E-state index contributed by atoms with van der Waals surface area (Å²) in [5.74, 6) is 1.71. The lowest BCUT2D eigenvalue weighted by Crippen LogP contribution is -2.62. The number of amides is 1. The SMILES string of the molecule is Cc1cccc(C(C)(C)C(=O)N[C@H]2[C@@H]3C[C@@H]4C[C@@H]2C[C@](O)(C3)C4)c1. The average Bonchev–Trinajstić information content (AvgIpc) is 2.49. The van der Waals surface area contributed by atoms with E-state index in [0.717, 1.165) is 24.8 Å². The summed E-state index contributed by atoms with van der Waals surface area (Å²) in [7, 11) is 0. The van der Waals surface area contributed by atoms with Crippen molar-refractivity contribution in [3.63, 3.8) is 0 Å². The molecule has 5 rings (SSSR count). The molecule has 1 amide bonds. The molecule has 2 N–H and O–H groups in total. The Morgan fingerprint density at radius 1 is 1.21 bits per heavy atom. The molecule has 0 heterocycles. The molecule has 0 spiro atoms. The highest BCUT2D eigenvalue weighted by Crippen LogP contribution is 2.55. The largest absolute Gasteiger partial charge is 0.390 e. The normalized spacial score (nSPS) is 37.5. The van der Waals surface area contributed by atoms with E-state index in [4.69, 9.17) is 0 Å². The molecule has 1 aromatic rings. The first-order valence-corrected chi connectivity index (χ1v) is 9.37. The molecular weight excluding hydrogens is 298 g/mol. The first kappa shape index (κ1) is 16.1. The Labute approximate surface area is 144 Å². The van der Waals surface area contributed by atoms with E-state index in [1.165, 1.54) is 18.4 Å². The maximum Gasteiger partial charge on any atom is 0.230 e. The lowest BCUT2D eigenvalue weighted by atomic mass is 9.52. The molecule has 130 valence electrons. The van der Waals surface area contributed by atoms with Crippen LogP contribution < -0.4 is 5.32 Å². The van der Waals surface area contributed by atoms with Crippen molar-refractivity contribution in [3.05, 3.63) is 35.4 Å². The van der Waals surface area contributed by atoms with Gasteiger partial charge in [-0.2, -0.15) is 0 Å². The van der Waals surface area contributed by atoms with Crippen LogP contribution in [0, 0.1) is 24.7 Å². The van der Waals surface area contributed by atoms with Crippen LogP contribution in [-0.4, -0.2) is 22.7 Å². The fraction of sp³-hybridized carbons (Fsp3) is 0.667. The average molecular weight is 327 g/mol. The van der Waals surface area contributed by atoms with Crippen LogP contribution in [0.2, 0.25) is 0 Å². The summed E-state index contributed by atoms with van der Waals surface area (Å²) < 4.78 is 0. The Hall–Kier alpha value is -1.35. The molecular formula is C21H29NO2. The van der Waals surface area contributed by atoms with E-state index in [0.29, 0.717) is 17.8 Å². The molecule has 0 aromatic heterocycles. The summed E-state index contributed by atoms with van der Waals surface area (Å²) in [6.07, 6.45) is 5.07. The van der Waals surface area contributed by atoms with E-state index in [9.17, 15) is 9.90 Å². The van der Waals surface area contributed by atoms with Crippen LogP contribution in [0.4, 0.5) is 0 Å². The van der Waals surface area contributed by atoms with E-state index in [1.807, 2.05) is 26.0 Å². The first-order chi connectivity index (χ1) is 11.3. The Morgan fingerprint density at radius 2 is 1.88 bits per heavy atom. The van der Waals surface area contributed by atoms with Crippen molar-refractivity contribution in [2.75, 3.05) is 0 Å². The van der Waals surface area contributed by atoms with Gasteiger partial charge in [-0.05, 0) is 76.2 Å². The van der Waals surface area contributed by atoms with Crippen LogP contribution in [-0.2, 0) is 10.2 Å². The minimum Gasteiger partial charge on any atom is -0.390 e. The van der Waals surface area contributed by atoms with Crippen molar-refractivity contribution in [1.29, 1.82) is 0 Å². The predicted octanol–water partition coefficient (Wildman–Crippen LogP) is 3.33. The Balaban J connectivity index is 1.52. The first-order valence-electron chi connectivity index (χ1n) is 9.37. The second kappa shape index (κ2) is 5.32. The quantitative estimate of drug-likeness (QED) is 0.894. The molecule has 3 nitrogen and oxygen atoms in total. The molecule has 0 radical (unpaired) electrons. The summed E-state index contributed by atoms with van der Waals surface area (Å²) in [5.41, 5.74) is 1.29. The van der Waals surface area contributed by atoms with Crippen LogP contribution in [0.3, 0.4) is 0 Å². The molecule has 1 aromatic carbocycles. The van der Waals surface area contributed by atoms with E-state index in [-0.39, 0.29) is 11.9 Å². The second-order valence-electron chi connectivity index (χ2n) is 9.19. The van der Waals surface area contributed by atoms with Gasteiger partial charge >= 0.3 is 0 Å². The van der Waals surface area contributed by atoms with Crippen LogP contribution in [0.25, 0.3) is 0 Å². The highest BCUT2D eigenvalue weighted by atomic mass is 16.3. The van der Waals surface area contributed by atoms with Gasteiger partial charge in [0.1, 0.15) is 0 Å². The third-order valence-corrected chi connectivity index (χ3v) is 6.85. The molecule has 4 saturated carbocycles. The molecule has 3 heteroatoms. The zero-order valence-corrected chi connectivity index (χ0v) is 15.0. The fourth-order valence-electron chi connectivity index (χ4n) is 5.71. The molecule has 0 saturated heterocycles. The smallest absolute Gasteiger partial charge is 0.230 e. The Kier molecular flexibility index (Phi) is 3.58. The van der Waals surface area contributed by atoms with Gasteiger partial charge in [-0.25, -0.2) is 0 Å². The minimum atomic E-state index is -0.530. The van der Waals surface area contributed by atoms with Crippen molar-refractivity contribution in [3.8, 4) is 0 Å². The summed E-state index contributed by atoms with van der Waals surface area (Å²) in [6.45, 7) is 6.09. The molecule has 4 fully saturated rings. The Bertz CT molecular complexity index is 650. The molecule has 2 atom stereocenters. The van der Waals surface area contributed by atoms with Crippen molar-refractivity contribution >= 4 is 5.91 Å². The number of benzene rings is 1. The molecule has 0 unspecified atom stereocenters. The maximum atomic E-state index is 13.1. The van der Waals surface area contributed by atoms with E-state index < -0.39 is 11.0 Å². The zero-order chi connectivity index (χ0) is 17.1. The number of carbonyl (C=O) groups excluding carboxylic acids is 1. The van der Waals surface area contributed by atoms with Gasteiger partial charge in [0.2, 0.25) is 5.91 Å². The number of hydrogen-bond acceptors (Lipinski definition) is 2. The van der Waals surface area contributed by atoms with Gasteiger partial charge in [0, 0.05) is 6.04 Å². The van der Waals surface area contributed by atoms with Crippen LogP contribution in [0.1, 0.15) is 57.1 Å². The number of rotatable bonds is 3. The number of hydrogen-bond donors (Lipinski definition) is 2. The van der Waals surface area contributed by atoms with Crippen LogP contribution in [0.5, 0.6) is 0 Å². The monoisotopic (exact) mass is 327 g/mol. The topological polar surface area (TPSA) is 49.3 Å². The summed E-state index contributed by atoms with van der Waals surface area (Å²) in [6, 6.07) is 8.50. The summed E-state index contributed by atoms with van der Waals surface area (Å²) in [4.78, 5) is 13.1. The van der Waals surface area contributed by atoms with Gasteiger partial charge in [-0.15, -0.1) is 0 Å². The molecule has 4 aliphatic carbocycles. The molecule has 4 aliphatic rings.